The van der Waals surface area contributed by atoms with Crippen LogP contribution in [-0.4, -0.2) is 12.7 Å². The number of ether oxygens (including phenoxy) is 2. The Hall–Kier alpha value is -2.21. The molecule has 1 aliphatic rings. The highest BCUT2D eigenvalue weighted by Crippen LogP contribution is 2.38. The number of rotatable bonds is 2. The second kappa shape index (κ2) is 5.05. The molecule has 5 nitrogen and oxygen atoms in total. The number of hydrogen-bond donors (Lipinski definition) is 2. The first kappa shape index (κ1) is 12.8. The number of carbonyl (C=O) groups excluding carboxylic acids is 1. The number of nitrogens with two attached hydrogens (primary N) is 1. The van der Waals surface area contributed by atoms with Crippen LogP contribution in [0.2, 0.25) is 0 Å². The van der Waals surface area contributed by atoms with Gasteiger partial charge in [0.15, 0.2) is 11.5 Å². The molecule has 0 unspecified atom stereocenters. The van der Waals surface area contributed by atoms with E-state index in [1.807, 2.05) is 6.07 Å². The molecule has 1 amide bonds. The molecule has 0 fully saturated rings. The van der Waals surface area contributed by atoms with E-state index >= 15 is 0 Å². The highest BCUT2D eigenvalue weighted by molar-refractivity contribution is 9.10. The van der Waals surface area contributed by atoms with Crippen molar-refractivity contribution in [3.8, 4) is 11.5 Å². The van der Waals surface area contributed by atoms with Gasteiger partial charge in [0, 0.05) is 22.2 Å². The summed E-state index contributed by atoms with van der Waals surface area (Å²) in [5.74, 6) is 0.920. The summed E-state index contributed by atoms with van der Waals surface area (Å²) in [5.41, 5.74) is 7.36. The molecule has 0 aliphatic carbocycles. The SMILES string of the molecule is Nc1cc2c(cc1NC(=O)c1cccc(Br)c1)OCO2. The summed E-state index contributed by atoms with van der Waals surface area (Å²) in [4.78, 5) is 12.2. The molecule has 0 atom stereocenters. The van der Waals surface area contributed by atoms with E-state index in [1.165, 1.54) is 0 Å². The number of anilines is 2. The molecule has 3 rings (SSSR count). The molecule has 2 aromatic rings. The van der Waals surface area contributed by atoms with E-state index in [9.17, 15) is 4.79 Å². The molecule has 2 aromatic carbocycles. The van der Waals surface area contributed by atoms with Crippen LogP contribution in [0.15, 0.2) is 40.9 Å². The van der Waals surface area contributed by atoms with Gasteiger partial charge in [-0.15, -0.1) is 0 Å². The minimum atomic E-state index is -0.239. The van der Waals surface area contributed by atoms with Crippen molar-refractivity contribution in [2.45, 2.75) is 0 Å². The van der Waals surface area contributed by atoms with Gasteiger partial charge in [0.1, 0.15) is 0 Å². The zero-order valence-electron chi connectivity index (χ0n) is 10.4. The maximum Gasteiger partial charge on any atom is 0.255 e. The predicted molar refractivity (Wildman–Crippen MR) is 79.1 cm³/mol. The van der Waals surface area contributed by atoms with E-state index in [1.54, 1.807) is 30.3 Å². The highest BCUT2D eigenvalue weighted by atomic mass is 79.9. The molecule has 0 spiro atoms. The van der Waals surface area contributed by atoms with Gasteiger partial charge < -0.3 is 20.5 Å². The Balaban J connectivity index is 1.86. The van der Waals surface area contributed by atoms with E-state index in [0.717, 1.165) is 4.47 Å². The second-order valence-electron chi connectivity index (χ2n) is 4.26. The summed E-state index contributed by atoms with van der Waals surface area (Å²) in [6.45, 7) is 0.164. The van der Waals surface area contributed by atoms with Crippen molar-refractivity contribution in [3.63, 3.8) is 0 Å². The fourth-order valence-electron chi connectivity index (χ4n) is 1.89. The van der Waals surface area contributed by atoms with Crippen LogP contribution < -0.4 is 20.5 Å². The number of nitrogens with one attached hydrogen (secondary N) is 1. The number of halogens is 1. The molecule has 3 N–H and O–H groups in total. The van der Waals surface area contributed by atoms with Gasteiger partial charge >= 0.3 is 0 Å². The highest BCUT2D eigenvalue weighted by Gasteiger charge is 2.17. The number of amides is 1. The molecular weight excluding hydrogens is 324 g/mol. The van der Waals surface area contributed by atoms with Crippen LogP contribution in [0.5, 0.6) is 11.5 Å². The number of benzene rings is 2. The molecule has 0 saturated heterocycles. The van der Waals surface area contributed by atoms with Gasteiger partial charge in [0.05, 0.1) is 11.4 Å². The lowest BCUT2D eigenvalue weighted by atomic mass is 10.2. The summed E-state index contributed by atoms with van der Waals surface area (Å²) < 4.78 is 11.3. The van der Waals surface area contributed by atoms with Gasteiger partial charge in [-0.25, -0.2) is 0 Å². The Labute approximate surface area is 123 Å². The van der Waals surface area contributed by atoms with Gasteiger partial charge in [0.25, 0.3) is 5.91 Å². The van der Waals surface area contributed by atoms with Crippen LogP contribution in [0.4, 0.5) is 11.4 Å². The maximum absolute atomic E-state index is 12.2. The van der Waals surface area contributed by atoms with Crippen molar-refractivity contribution < 1.29 is 14.3 Å². The van der Waals surface area contributed by atoms with Crippen molar-refractivity contribution in [2.75, 3.05) is 17.8 Å². The van der Waals surface area contributed by atoms with Gasteiger partial charge in [-0.3, -0.25) is 4.79 Å². The van der Waals surface area contributed by atoms with Crippen LogP contribution in [0.3, 0.4) is 0 Å². The zero-order valence-corrected chi connectivity index (χ0v) is 11.9. The third-order valence-corrected chi connectivity index (χ3v) is 3.37. The first-order valence-electron chi connectivity index (χ1n) is 5.89. The van der Waals surface area contributed by atoms with Gasteiger partial charge in [-0.05, 0) is 18.2 Å². The first-order chi connectivity index (χ1) is 9.63. The van der Waals surface area contributed by atoms with Crippen molar-refractivity contribution >= 4 is 33.2 Å². The minimum absolute atomic E-state index is 0.164. The summed E-state index contributed by atoms with van der Waals surface area (Å²) in [7, 11) is 0. The number of fused-ring (bicyclic) bond motifs is 1. The summed E-state index contributed by atoms with van der Waals surface area (Å²) in [5, 5.41) is 2.76. The lowest BCUT2D eigenvalue weighted by Crippen LogP contribution is -2.13. The largest absolute Gasteiger partial charge is 0.454 e. The van der Waals surface area contributed by atoms with E-state index in [4.69, 9.17) is 15.2 Å². The number of nitrogen functional groups attached to an aromatic ring is 1. The summed E-state index contributed by atoms with van der Waals surface area (Å²) in [6.07, 6.45) is 0. The smallest absolute Gasteiger partial charge is 0.255 e. The maximum atomic E-state index is 12.2. The lowest BCUT2D eigenvalue weighted by molar-refractivity contribution is 0.102. The molecule has 0 aromatic heterocycles. The second-order valence-corrected chi connectivity index (χ2v) is 5.17. The quantitative estimate of drug-likeness (QED) is 0.828. The Morgan fingerprint density at radius 2 is 1.95 bits per heavy atom. The number of carbonyl (C=O) groups is 1. The number of hydrogen-bond acceptors (Lipinski definition) is 4. The Morgan fingerprint density at radius 1 is 1.20 bits per heavy atom. The fourth-order valence-corrected chi connectivity index (χ4v) is 2.29. The third-order valence-electron chi connectivity index (χ3n) is 2.88. The summed E-state index contributed by atoms with van der Waals surface area (Å²) in [6, 6.07) is 10.4. The van der Waals surface area contributed by atoms with Crippen molar-refractivity contribution in [1.82, 2.24) is 0 Å². The standard InChI is InChI=1S/C14H11BrN2O3/c15-9-3-1-2-8(4-9)14(18)17-11-6-13-12(5-10(11)16)19-7-20-13/h1-6H,7,16H2,(H,17,18). The minimum Gasteiger partial charge on any atom is -0.454 e. The van der Waals surface area contributed by atoms with Crippen LogP contribution in [0, 0.1) is 0 Å². The molecule has 1 heterocycles. The van der Waals surface area contributed by atoms with Crippen LogP contribution in [0.25, 0.3) is 0 Å². The van der Waals surface area contributed by atoms with Gasteiger partial charge in [0.2, 0.25) is 6.79 Å². The predicted octanol–water partition coefficient (Wildman–Crippen LogP) is 3.01. The molecule has 0 saturated carbocycles. The van der Waals surface area contributed by atoms with Crippen LogP contribution in [0.1, 0.15) is 10.4 Å². The Morgan fingerprint density at radius 3 is 2.70 bits per heavy atom. The first-order valence-corrected chi connectivity index (χ1v) is 6.69. The molecule has 0 radical (unpaired) electrons. The Bertz CT molecular complexity index is 688. The topological polar surface area (TPSA) is 73.6 Å². The van der Waals surface area contributed by atoms with Crippen molar-refractivity contribution in [2.24, 2.45) is 0 Å². The van der Waals surface area contributed by atoms with E-state index < -0.39 is 0 Å². The molecule has 1 aliphatic heterocycles. The van der Waals surface area contributed by atoms with Crippen molar-refractivity contribution in [1.29, 1.82) is 0 Å². The van der Waals surface area contributed by atoms with E-state index in [2.05, 4.69) is 21.2 Å². The van der Waals surface area contributed by atoms with Gasteiger partial charge in [-0.2, -0.15) is 0 Å². The van der Waals surface area contributed by atoms with Gasteiger partial charge in [-0.1, -0.05) is 22.0 Å². The van der Waals surface area contributed by atoms with Crippen LogP contribution >= 0.6 is 15.9 Å². The Kier molecular flexibility index (Phi) is 3.23. The van der Waals surface area contributed by atoms with E-state index in [0.29, 0.717) is 28.4 Å². The monoisotopic (exact) mass is 334 g/mol. The normalized spacial score (nSPS) is 12.2. The fraction of sp³-hybridized carbons (Fsp3) is 0.0714. The van der Waals surface area contributed by atoms with E-state index in [-0.39, 0.29) is 12.7 Å². The molecule has 20 heavy (non-hydrogen) atoms. The molecular formula is C14H11BrN2O3. The van der Waals surface area contributed by atoms with Crippen LogP contribution in [-0.2, 0) is 0 Å². The lowest BCUT2D eigenvalue weighted by Gasteiger charge is -2.09. The molecule has 6 heteroatoms. The average molecular weight is 335 g/mol. The third kappa shape index (κ3) is 2.42. The molecule has 0 bridgehead atoms. The summed E-state index contributed by atoms with van der Waals surface area (Å²) >= 11 is 3.33. The van der Waals surface area contributed by atoms with Crippen molar-refractivity contribution in [3.05, 3.63) is 46.4 Å². The average Bonchev–Trinajstić information content (AvgIpc) is 2.86. The zero-order chi connectivity index (χ0) is 14.1. The molecule has 102 valence electrons.